The summed E-state index contributed by atoms with van der Waals surface area (Å²) >= 11 is 2.71. The lowest BCUT2D eigenvalue weighted by Gasteiger charge is -2.60. The molecule has 4 fully saturated rings. The highest BCUT2D eigenvalue weighted by atomic mass is 127. The second-order valence-corrected chi connectivity index (χ2v) is 12.2. The number of hydrogen-bond acceptors (Lipinski definition) is 3. The zero-order valence-corrected chi connectivity index (χ0v) is 18.3. The summed E-state index contributed by atoms with van der Waals surface area (Å²) in [4.78, 5) is 0. The van der Waals surface area contributed by atoms with Crippen molar-refractivity contribution in [3.8, 4) is 0 Å². The predicted octanol–water partition coefficient (Wildman–Crippen LogP) is 5.02. The van der Waals surface area contributed by atoms with Crippen molar-refractivity contribution in [3.63, 3.8) is 0 Å². The first-order valence-corrected chi connectivity index (χ1v) is 12.5. The average molecular weight is 482 g/mol. The molecule has 25 heavy (non-hydrogen) atoms. The monoisotopic (exact) mass is 482 g/mol. The van der Waals surface area contributed by atoms with E-state index in [1.165, 1.54) is 38.5 Å². The molecule has 0 aromatic heterocycles. The van der Waals surface area contributed by atoms with Gasteiger partial charge in [-0.1, -0.05) is 36.4 Å². The van der Waals surface area contributed by atoms with Gasteiger partial charge in [0.1, 0.15) is 0 Å². The minimum Gasteiger partial charge on any atom is -0.264 e. The number of alkyl halides is 1. The van der Waals surface area contributed by atoms with Crippen LogP contribution in [0.5, 0.6) is 0 Å². The average Bonchev–Trinajstić information content (AvgIpc) is 2.82. The first-order valence-electron chi connectivity index (χ1n) is 9.93. The maximum Gasteiger partial charge on any atom is 0.397 e. The topological polar surface area (TPSA) is 63.6 Å². The Bertz CT molecular complexity index is 637. The van der Waals surface area contributed by atoms with Gasteiger partial charge < -0.3 is 0 Å². The summed E-state index contributed by atoms with van der Waals surface area (Å²) in [5.74, 6) is 3.07. The molecule has 0 amide bonds. The molecule has 0 aliphatic heterocycles. The smallest absolute Gasteiger partial charge is 0.264 e. The third-order valence-corrected chi connectivity index (χ3v) is 11.3. The minimum absolute atomic E-state index is 0.326. The number of hydrogen-bond donors (Lipinski definition) is 1. The molecule has 144 valence electrons. The Kier molecular flexibility index (Phi) is 4.78. The van der Waals surface area contributed by atoms with E-state index in [0.29, 0.717) is 16.7 Å². The SMILES string of the molecule is C[C@]12CC[C@@H](OS(=O)(=O)O)C[C@H]1CC[C@@H]1[C@@H]2CC[C@]2(C)[C@@H](I)CC[C@@H]12. The standard InChI is InChI=1S/C19H31IO4S/c1-18-9-7-13(24-25(21,22)23)11-12(18)3-4-14-15-5-6-17(20)19(15,2)10-8-16(14)18/h12-17H,3-11H2,1-2H3,(H,21,22,23)/t12-,13-,14+,15+,16+,17+,18+,19+/m1/s1. The molecule has 0 aromatic rings. The molecule has 0 spiro atoms. The van der Waals surface area contributed by atoms with Crippen molar-refractivity contribution in [2.75, 3.05) is 0 Å². The van der Waals surface area contributed by atoms with Crippen LogP contribution in [-0.4, -0.2) is 23.0 Å². The van der Waals surface area contributed by atoms with E-state index < -0.39 is 10.4 Å². The summed E-state index contributed by atoms with van der Waals surface area (Å²) in [6, 6.07) is 0. The van der Waals surface area contributed by atoms with Crippen LogP contribution in [0.25, 0.3) is 0 Å². The molecular weight excluding hydrogens is 451 g/mol. The van der Waals surface area contributed by atoms with E-state index >= 15 is 0 Å². The fourth-order valence-corrected chi connectivity index (χ4v) is 9.07. The van der Waals surface area contributed by atoms with Crippen LogP contribution in [-0.2, 0) is 14.6 Å². The highest BCUT2D eigenvalue weighted by molar-refractivity contribution is 14.1. The summed E-state index contributed by atoms with van der Waals surface area (Å²) in [6.07, 6.45) is 10.2. The van der Waals surface area contributed by atoms with E-state index in [1.807, 2.05) is 0 Å². The molecule has 0 radical (unpaired) electrons. The van der Waals surface area contributed by atoms with Crippen molar-refractivity contribution >= 4 is 33.0 Å². The van der Waals surface area contributed by atoms with E-state index in [4.69, 9.17) is 8.74 Å². The zero-order valence-electron chi connectivity index (χ0n) is 15.3. The van der Waals surface area contributed by atoms with Crippen molar-refractivity contribution in [2.45, 2.75) is 81.7 Å². The Labute approximate surface area is 165 Å². The molecule has 0 heterocycles. The number of halogens is 1. The number of fused-ring (bicyclic) bond motifs is 5. The Balaban J connectivity index is 1.53. The maximum absolute atomic E-state index is 11.1. The van der Waals surface area contributed by atoms with Crippen LogP contribution in [0.3, 0.4) is 0 Å². The molecule has 4 aliphatic carbocycles. The van der Waals surface area contributed by atoms with Gasteiger partial charge in [0.05, 0.1) is 6.10 Å². The second-order valence-electron chi connectivity index (χ2n) is 9.67. The van der Waals surface area contributed by atoms with Gasteiger partial charge in [0.2, 0.25) is 0 Å². The summed E-state index contributed by atoms with van der Waals surface area (Å²) in [7, 11) is -4.33. The van der Waals surface area contributed by atoms with Gasteiger partial charge in [0, 0.05) is 3.92 Å². The maximum atomic E-state index is 11.1. The zero-order chi connectivity index (χ0) is 18.0. The summed E-state index contributed by atoms with van der Waals surface area (Å²) in [5, 5.41) is 0. The predicted molar refractivity (Wildman–Crippen MR) is 106 cm³/mol. The largest absolute Gasteiger partial charge is 0.397 e. The Morgan fingerprint density at radius 3 is 2.36 bits per heavy atom. The third kappa shape index (κ3) is 3.11. The highest BCUT2D eigenvalue weighted by Crippen LogP contribution is 2.67. The Morgan fingerprint density at radius 1 is 0.960 bits per heavy atom. The summed E-state index contributed by atoms with van der Waals surface area (Å²) < 4.78 is 37.0. The first kappa shape index (κ1) is 18.9. The van der Waals surface area contributed by atoms with Crippen LogP contribution < -0.4 is 0 Å². The quantitative estimate of drug-likeness (QED) is 0.341. The third-order valence-electron chi connectivity index (χ3n) is 8.76. The fraction of sp³-hybridized carbons (Fsp3) is 1.00. The molecule has 8 atom stereocenters. The van der Waals surface area contributed by atoms with Crippen LogP contribution in [0.1, 0.15) is 71.6 Å². The molecule has 6 heteroatoms. The molecule has 0 aromatic carbocycles. The van der Waals surface area contributed by atoms with Crippen molar-refractivity contribution in [2.24, 2.45) is 34.5 Å². The fourth-order valence-electron chi connectivity index (χ4n) is 7.41. The molecule has 4 rings (SSSR count). The van der Waals surface area contributed by atoms with Crippen molar-refractivity contribution in [3.05, 3.63) is 0 Å². The van der Waals surface area contributed by atoms with Gasteiger partial charge in [-0.3, -0.25) is 4.55 Å². The van der Waals surface area contributed by atoms with Crippen LogP contribution in [0.2, 0.25) is 0 Å². The van der Waals surface area contributed by atoms with Crippen LogP contribution in [0, 0.1) is 34.5 Å². The van der Waals surface area contributed by atoms with Crippen molar-refractivity contribution in [1.29, 1.82) is 0 Å². The van der Waals surface area contributed by atoms with Gasteiger partial charge in [0.15, 0.2) is 0 Å². The number of rotatable bonds is 2. The van der Waals surface area contributed by atoms with Gasteiger partial charge in [-0.2, -0.15) is 8.42 Å². The molecule has 0 saturated heterocycles. The van der Waals surface area contributed by atoms with E-state index in [0.717, 1.165) is 40.9 Å². The summed E-state index contributed by atoms with van der Waals surface area (Å²) in [5.41, 5.74) is 0.864. The second kappa shape index (κ2) is 6.31. The lowest BCUT2D eigenvalue weighted by atomic mass is 9.45. The highest BCUT2D eigenvalue weighted by Gasteiger charge is 2.59. The van der Waals surface area contributed by atoms with Gasteiger partial charge in [-0.25, -0.2) is 4.18 Å². The molecule has 4 aliphatic rings. The summed E-state index contributed by atoms with van der Waals surface area (Å²) in [6.45, 7) is 5.01. The molecule has 4 saturated carbocycles. The van der Waals surface area contributed by atoms with Crippen molar-refractivity contribution < 1.29 is 17.2 Å². The van der Waals surface area contributed by atoms with Gasteiger partial charge >= 0.3 is 10.4 Å². The van der Waals surface area contributed by atoms with Crippen LogP contribution >= 0.6 is 22.6 Å². The van der Waals surface area contributed by atoms with Crippen molar-refractivity contribution in [1.82, 2.24) is 0 Å². The van der Waals surface area contributed by atoms with Crippen LogP contribution in [0.4, 0.5) is 0 Å². The lowest BCUT2D eigenvalue weighted by molar-refractivity contribution is -0.117. The minimum atomic E-state index is -4.33. The first-order chi connectivity index (χ1) is 11.6. The Morgan fingerprint density at radius 2 is 1.64 bits per heavy atom. The van der Waals surface area contributed by atoms with E-state index in [-0.39, 0.29) is 6.10 Å². The van der Waals surface area contributed by atoms with Gasteiger partial charge in [0.25, 0.3) is 0 Å². The normalized spacial score (nSPS) is 53.0. The van der Waals surface area contributed by atoms with Crippen LogP contribution in [0.15, 0.2) is 0 Å². The lowest BCUT2D eigenvalue weighted by Crippen LogP contribution is -2.54. The van der Waals surface area contributed by atoms with E-state index in [2.05, 4.69) is 36.4 Å². The van der Waals surface area contributed by atoms with E-state index in [1.54, 1.807) is 0 Å². The molecule has 0 unspecified atom stereocenters. The van der Waals surface area contributed by atoms with Gasteiger partial charge in [-0.05, 0) is 92.3 Å². The van der Waals surface area contributed by atoms with Gasteiger partial charge in [-0.15, -0.1) is 0 Å². The molecular formula is C19H31IO4S. The van der Waals surface area contributed by atoms with E-state index in [9.17, 15) is 8.42 Å². The Hall–Kier alpha value is 0.600. The molecule has 1 N–H and O–H groups in total. The molecule has 0 bridgehead atoms. The molecule has 4 nitrogen and oxygen atoms in total.